The number of nitrogens with one attached hydrogen (secondary N) is 2. The number of hydrogen-bond donors (Lipinski definition) is 3. The van der Waals surface area contributed by atoms with Gasteiger partial charge in [-0.1, -0.05) is 11.6 Å². The summed E-state index contributed by atoms with van der Waals surface area (Å²) in [5, 5.41) is 2.52. The van der Waals surface area contributed by atoms with Gasteiger partial charge in [0.15, 0.2) is 5.82 Å². The highest BCUT2D eigenvalue weighted by atomic mass is 35.5. The van der Waals surface area contributed by atoms with E-state index in [1.54, 1.807) is 6.92 Å². The van der Waals surface area contributed by atoms with E-state index in [1.165, 1.54) is 6.33 Å². The minimum absolute atomic E-state index is 0.0967. The second-order valence-electron chi connectivity index (χ2n) is 2.66. The Balaban J connectivity index is 2.92. The Morgan fingerprint density at radius 1 is 1.79 bits per heavy atom. The number of hydrogen-bond acceptors (Lipinski definition) is 4. The van der Waals surface area contributed by atoms with Crippen molar-refractivity contribution in [2.24, 2.45) is 5.73 Å². The summed E-state index contributed by atoms with van der Waals surface area (Å²) in [5.74, 6) is -0.412. The van der Waals surface area contributed by atoms with E-state index in [1.807, 2.05) is 0 Å². The second kappa shape index (κ2) is 4.10. The second-order valence-corrected chi connectivity index (χ2v) is 3.04. The molecule has 6 nitrogen and oxygen atoms in total. The molecular weight excluding hydrogens is 208 g/mol. The van der Waals surface area contributed by atoms with E-state index in [2.05, 4.69) is 15.3 Å². The van der Waals surface area contributed by atoms with Crippen molar-refractivity contribution in [3.63, 3.8) is 0 Å². The maximum Gasteiger partial charge on any atom is 0.271 e. The predicted molar refractivity (Wildman–Crippen MR) is 52.1 cm³/mol. The molecule has 76 valence electrons. The molecule has 1 unspecified atom stereocenters. The zero-order valence-corrected chi connectivity index (χ0v) is 8.13. The van der Waals surface area contributed by atoms with Crippen molar-refractivity contribution in [2.75, 3.05) is 5.32 Å². The molecule has 14 heavy (non-hydrogen) atoms. The van der Waals surface area contributed by atoms with E-state index in [0.717, 1.165) is 0 Å². The molecule has 0 aliphatic carbocycles. The van der Waals surface area contributed by atoms with Gasteiger partial charge in [-0.05, 0) is 6.92 Å². The van der Waals surface area contributed by atoms with Gasteiger partial charge in [0.25, 0.3) is 5.56 Å². The summed E-state index contributed by atoms with van der Waals surface area (Å²) < 4.78 is 0. The van der Waals surface area contributed by atoms with Gasteiger partial charge >= 0.3 is 0 Å². The Kier molecular flexibility index (Phi) is 3.08. The molecule has 1 aromatic rings. The van der Waals surface area contributed by atoms with Crippen molar-refractivity contribution < 1.29 is 4.79 Å². The number of halogens is 1. The summed E-state index contributed by atoms with van der Waals surface area (Å²) in [7, 11) is 0. The van der Waals surface area contributed by atoms with Gasteiger partial charge in [0, 0.05) is 0 Å². The van der Waals surface area contributed by atoms with Crippen LogP contribution in [0.5, 0.6) is 0 Å². The monoisotopic (exact) mass is 216 g/mol. The van der Waals surface area contributed by atoms with Gasteiger partial charge in [0.2, 0.25) is 5.91 Å². The van der Waals surface area contributed by atoms with Crippen LogP contribution in [0, 0.1) is 0 Å². The number of aromatic amines is 1. The molecule has 0 aromatic carbocycles. The molecule has 0 saturated carbocycles. The number of nitrogens with two attached hydrogens (primary N) is 1. The van der Waals surface area contributed by atoms with Crippen LogP contribution in [0.15, 0.2) is 11.1 Å². The molecule has 4 N–H and O–H groups in total. The maximum atomic E-state index is 11.0. The molecule has 1 amide bonds. The first kappa shape index (κ1) is 10.5. The minimum atomic E-state index is -0.637. The summed E-state index contributed by atoms with van der Waals surface area (Å²) >= 11 is 5.62. The van der Waals surface area contributed by atoms with E-state index in [9.17, 15) is 9.59 Å². The summed E-state index contributed by atoms with van der Waals surface area (Å²) in [4.78, 5) is 27.8. The zero-order chi connectivity index (χ0) is 10.7. The topological polar surface area (TPSA) is 101 Å². The van der Waals surface area contributed by atoms with Crippen molar-refractivity contribution >= 4 is 23.3 Å². The van der Waals surface area contributed by atoms with Crippen LogP contribution in [0.2, 0.25) is 5.02 Å². The van der Waals surface area contributed by atoms with Gasteiger partial charge in [0.05, 0.1) is 6.33 Å². The Labute approximate surface area is 84.5 Å². The fourth-order valence-electron chi connectivity index (χ4n) is 0.760. The molecule has 0 radical (unpaired) electrons. The van der Waals surface area contributed by atoms with Crippen molar-refractivity contribution in [2.45, 2.75) is 13.0 Å². The fraction of sp³-hybridized carbons (Fsp3) is 0.286. The lowest BCUT2D eigenvalue weighted by atomic mass is 10.3. The largest absolute Gasteiger partial charge is 0.368 e. The quantitative estimate of drug-likeness (QED) is 0.646. The molecule has 0 spiro atoms. The highest BCUT2D eigenvalue weighted by Gasteiger charge is 2.12. The summed E-state index contributed by atoms with van der Waals surface area (Å²) in [6.07, 6.45) is 1.18. The van der Waals surface area contributed by atoms with Gasteiger partial charge in [-0.15, -0.1) is 0 Å². The summed E-state index contributed by atoms with van der Waals surface area (Å²) in [6.45, 7) is 1.54. The lowest BCUT2D eigenvalue weighted by molar-refractivity contribution is -0.118. The molecule has 7 heteroatoms. The number of aromatic nitrogens is 2. The third kappa shape index (κ3) is 2.23. The van der Waals surface area contributed by atoms with Gasteiger partial charge in [0.1, 0.15) is 11.1 Å². The minimum Gasteiger partial charge on any atom is -0.368 e. The van der Waals surface area contributed by atoms with Gasteiger partial charge < -0.3 is 16.0 Å². The highest BCUT2D eigenvalue weighted by Crippen LogP contribution is 2.12. The fourth-order valence-corrected chi connectivity index (χ4v) is 0.918. The third-order valence-electron chi connectivity index (χ3n) is 1.58. The number of carbonyl (C=O) groups excluding carboxylic acids is 1. The van der Waals surface area contributed by atoms with E-state index in [4.69, 9.17) is 17.3 Å². The Hall–Kier alpha value is -1.56. The first-order valence-electron chi connectivity index (χ1n) is 3.81. The summed E-state index contributed by atoms with van der Waals surface area (Å²) in [6, 6.07) is -0.637. The first-order valence-corrected chi connectivity index (χ1v) is 4.19. The molecule has 0 fully saturated rings. The normalized spacial score (nSPS) is 12.1. The molecule has 0 saturated heterocycles. The Morgan fingerprint density at radius 3 is 3.00 bits per heavy atom. The van der Waals surface area contributed by atoms with Crippen molar-refractivity contribution in [1.29, 1.82) is 0 Å². The van der Waals surface area contributed by atoms with Crippen LogP contribution in [0.4, 0.5) is 5.82 Å². The molecule has 1 aromatic heterocycles. The number of carbonyl (C=O) groups is 1. The molecule has 1 heterocycles. The van der Waals surface area contributed by atoms with Crippen molar-refractivity contribution in [3.8, 4) is 0 Å². The van der Waals surface area contributed by atoms with E-state index < -0.39 is 17.5 Å². The number of rotatable bonds is 3. The van der Waals surface area contributed by atoms with Crippen LogP contribution in [-0.2, 0) is 4.79 Å². The Bertz CT molecular complexity index is 403. The molecule has 0 bridgehead atoms. The molecule has 0 aliphatic heterocycles. The smallest absolute Gasteiger partial charge is 0.271 e. The number of nitrogens with zero attached hydrogens (tertiary/aromatic N) is 1. The first-order chi connectivity index (χ1) is 6.52. The average Bonchev–Trinajstić information content (AvgIpc) is 2.12. The standard InChI is InChI=1S/C7H9ClN4O2/c1-3(5(9)13)12-6-4(8)7(14)11-2-10-6/h2-3H,1H3,(H2,9,13)(H2,10,11,12,14). The van der Waals surface area contributed by atoms with Crippen LogP contribution >= 0.6 is 11.6 Å². The van der Waals surface area contributed by atoms with Crippen LogP contribution in [0.3, 0.4) is 0 Å². The Morgan fingerprint density at radius 2 is 2.43 bits per heavy atom. The number of primary amides is 1. The number of amides is 1. The van der Waals surface area contributed by atoms with Gasteiger partial charge in [-0.2, -0.15) is 0 Å². The van der Waals surface area contributed by atoms with Gasteiger partial charge in [-0.3, -0.25) is 9.59 Å². The van der Waals surface area contributed by atoms with Crippen LogP contribution in [0.25, 0.3) is 0 Å². The molecule has 1 rings (SSSR count). The average molecular weight is 217 g/mol. The highest BCUT2D eigenvalue weighted by molar-refractivity contribution is 6.32. The molecular formula is C7H9ClN4O2. The van der Waals surface area contributed by atoms with E-state index >= 15 is 0 Å². The SMILES string of the molecule is CC(Nc1nc[nH]c(=O)c1Cl)C(N)=O. The van der Waals surface area contributed by atoms with Crippen molar-refractivity contribution in [1.82, 2.24) is 9.97 Å². The maximum absolute atomic E-state index is 11.0. The van der Waals surface area contributed by atoms with E-state index in [-0.39, 0.29) is 10.8 Å². The number of anilines is 1. The van der Waals surface area contributed by atoms with E-state index in [0.29, 0.717) is 0 Å². The van der Waals surface area contributed by atoms with Crippen molar-refractivity contribution in [3.05, 3.63) is 21.7 Å². The van der Waals surface area contributed by atoms with Crippen LogP contribution in [-0.4, -0.2) is 21.9 Å². The van der Waals surface area contributed by atoms with Crippen LogP contribution < -0.4 is 16.6 Å². The van der Waals surface area contributed by atoms with Gasteiger partial charge in [-0.25, -0.2) is 4.98 Å². The lowest BCUT2D eigenvalue weighted by Crippen LogP contribution is -2.33. The predicted octanol–water partition coefficient (Wildman–Crippen LogP) is -0.291. The third-order valence-corrected chi connectivity index (χ3v) is 1.93. The molecule has 0 aliphatic rings. The number of H-pyrrole nitrogens is 1. The lowest BCUT2D eigenvalue weighted by Gasteiger charge is -2.10. The summed E-state index contributed by atoms with van der Waals surface area (Å²) in [5.41, 5.74) is 4.54. The van der Waals surface area contributed by atoms with Crippen LogP contribution in [0.1, 0.15) is 6.92 Å². The molecule has 1 atom stereocenters. The zero-order valence-electron chi connectivity index (χ0n) is 7.37.